The number of alkyl halides is 1. The van der Waals surface area contributed by atoms with Gasteiger partial charge in [0.2, 0.25) is 6.86 Å². The van der Waals surface area contributed by atoms with Gasteiger partial charge in [-0.2, -0.15) is 0 Å². The standard InChI is InChI=1S/C23H31FN4O2/c24-14-29-17-9-5-15(6-10-17)22-13-25-23(30-22)28-19-4-2-1-3-18(19)27-21-12-8-16-7-11-20(21)26-16/h5-6,9-10,13,16,18-21,26-27H,1-4,7-8,11-12,14H2,(H,25,28)/t16-,18+,19+,20?,21?/m0/s1. The van der Waals surface area contributed by atoms with Crippen molar-refractivity contribution < 1.29 is 13.5 Å². The Bertz CT molecular complexity index is 827. The molecule has 7 heteroatoms. The van der Waals surface area contributed by atoms with E-state index in [1.807, 2.05) is 12.1 Å². The van der Waals surface area contributed by atoms with Crippen LogP contribution in [-0.2, 0) is 0 Å². The topological polar surface area (TPSA) is 71.3 Å². The highest BCUT2D eigenvalue weighted by atomic mass is 19.1. The predicted octanol–water partition coefficient (Wildman–Crippen LogP) is 4.24. The number of hydrogen-bond donors (Lipinski definition) is 3. The number of aromatic nitrogens is 1. The van der Waals surface area contributed by atoms with Crippen molar-refractivity contribution in [2.24, 2.45) is 0 Å². The minimum absolute atomic E-state index is 0.324. The zero-order valence-corrected chi connectivity index (χ0v) is 17.3. The Morgan fingerprint density at radius 2 is 1.80 bits per heavy atom. The van der Waals surface area contributed by atoms with Crippen molar-refractivity contribution in [1.82, 2.24) is 15.6 Å². The van der Waals surface area contributed by atoms with Gasteiger partial charge in [0.15, 0.2) is 5.76 Å². The summed E-state index contributed by atoms with van der Waals surface area (Å²) in [6, 6.07) is 10.4. The van der Waals surface area contributed by atoms with E-state index in [1.54, 1.807) is 18.3 Å². The van der Waals surface area contributed by atoms with Crippen LogP contribution < -0.4 is 20.7 Å². The van der Waals surface area contributed by atoms with Gasteiger partial charge in [0, 0.05) is 35.8 Å². The third-order valence-corrected chi connectivity index (χ3v) is 6.96. The monoisotopic (exact) mass is 414 g/mol. The molecule has 30 heavy (non-hydrogen) atoms. The molecule has 1 aromatic heterocycles. The van der Waals surface area contributed by atoms with Crippen LogP contribution in [0.2, 0.25) is 0 Å². The number of benzene rings is 1. The highest BCUT2D eigenvalue weighted by Crippen LogP contribution is 2.30. The summed E-state index contributed by atoms with van der Waals surface area (Å²) in [7, 11) is 0. The van der Waals surface area contributed by atoms with Crippen LogP contribution in [0, 0.1) is 0 Å². The van der Waals surface area contributed by atoms with Crippen LogP contribution in [0.4, 0.5) is 10.4 Å². The molecule has 162 valence electrons. The molecule has 5 rings (SSSR count). The maximum atomic E-state index is 12.3. The number of anilines is 1. The fourth-order valence-corrected chi connectivity index (χ4v) is 5.37. The van der Waals surface area contributed by atoms with Gasteiger partial charge in [-0.25, -0.2) is 9.37 Å². The first-order chi connectivity index (χ1) is 14.8. The molecule has 0 spiro atoms. The quantitative estimate of drug-likeness (QED) is 0.629. The molecule has 1 aliphatic carbocycles. The molecule has 1 aromatic carbocycles. The maximum Gasteiger partial charge on any atom is 0.295 e. The summed E-state index contributed by atoms with van der Waals surface area (Å²) in [5.41, 5.74) is 0.893. The molecule has 2 unspecified atom stereocenters. The van der Waals surface area contributed by atoms with Crippen molar-refractivity contribution in [3.8, 4) is 17.1 Å². The van der Waals surface area contributed by atoms with Crippen molar-refractivity contribution in [2.75, 3.05) is 12.2 Å². The first kappa shape index (κ1) is 19.8. The molecule has 1 saturated carbocycles. The lowest BCUT2D eigenvalue weighted by Gasteiger charge is -2.39. The van der Waals surface area contributed by atoms with Gasteiger partial charge in [0.25, 0.3) is 6.01 Å². The van der Waals surface area contributed by atoms with E-state index in [0.29, 0.717) is 41.7 Å². The van der Waals surface area contributed by atoms with Gasteiger partial charge in [-0.05, 0) is 62.8 Å². The minimum Gasteiger partial charge on any atom is -0.463 e. The molecule has 2 aromatic rings. The number of rotatable bonds is 7. The zero-order chi connectivity index (χ0) is 20.3. The number of nitrogens with zero attached hydrogens (tertiary/aromatic N) is 1. The number of oxazole rings is 1. The van der Waals surface area contributed by atoms with Crippen molar-refractivity contribution >= 4 is 6.01 Å². The Morgan fingerprint density at radius 1 is 1.00 bits per heavy atom. The van der Waals surface area contributed by atoms with Crippen molar-refractivity contribution in [3.63, 3.8) is 0 Å². The predicted molar refractivity (Wildman–Crippen MR) is 114 cm³/mol. The van der Waals surface area contributed by atoms with Crippen LogP contribution >= 0.6 is 0 Å². The second-order valence-corrected chi connectivity index (χ2v) is 8.85. The molecule has 3 N–H and O–H groups in total. The first-order valence-corrected chi connectivity index (χ1v) is 11.3. The Hall–Kier alpha value is -2.12. The van der Waals surface area contributed by atoms with E-state index in [-0.39, 0.29) is 0 Å². The molecule has 2 aliphatic heterocycles. The SMILES string of the molecule is FCOc1ccc(-c2cnc(N[C@@H]3CCCC[C@H]3NC3CC[C@@H]4CCC3N4)o2)cc1. The fourth-order valence-electron chi connectivity index (χ4n) is 5.37. The number of ether oxygens (including phenoxy) is 1. The Labute approximate surface area is 177 Å². The van der Waals surface area contributed by atoms with Gasteiger partial charge < -0.3 is 25.1 Å². The van der Waals surface area contributed by atoms with E-state index >= 15 is 0 Å². The summed E-state index contributed by atoms with van der Waals surface area (Å²) in [4.78, 5) is 4.46. The summed E-state index contributed by atoms with van der Waals surface area (Å²) >= 11 is 0. The minimum atomic E-state index is -0.829. The van der Waals surface area contributed by atoms with Crippen LogP contribution in [0.1, 0.15) is 51.4 Å². The molecule has 5 atom stereocenters. The van der Waals surface area contributed by atoms with Gasteiger partial charge in [0.1, 0.15) is 5.75 Å². The summed E-state index contributed by atoms with van der Waals surface area (Å²) in [5.74, 6) is 1.19. The number of halogens is 1. The van der Waals surface area contributed by atoms with Crippen molar-refractivity contribution in [1.29, 1.82) is 0 Å². The molecule has 6 nitrogen and oxygen atoms in total. The number of fused-ring (bicyclic) bond motifs is 2. The summed E-state index contributed by atoms with van der Waals surface area (Å²) in [6.07, 6.45) is 11.7. The fraction of sp³-hybridized carbons (Fsp3) is 0.609. The lowest BCUT2D eigenvalue weighted by atomic mass is 9.88. The highest BCUT2D eigenvalue weighted by molar-refractivity contribution is 5.58. The smallest absolute Gasteiger partial charge is 0.295 e. The molecule has 3 fully saturated rings. The largest absolute Gasteiger partial charge is 0.463 e. The van der Waals surface area contributed by atoms with Gasteiger partial charge in [-0.1, -0.05) is 12.8 Å². The second-order valence-electron chi connectivity index (χ2n) is 8.85. The van der Waals surface area contributed by atoms with E-state index in [1.165, 1.54) is 44.9 Å². The Kier molecular flexibility index (Phi) is 5.91. The lowest BCUT2D eigenvalue weighted by Crippen LogP contribution is -2.57. The average Bonchev–Trinajstić information content (AvgIpc) is 3.39. The van der Waals surface area contributed by atoms with Gasteiger partial charge in [0.05, 0.1) is 6.20 Å². The summed E-state index contributed by atoms with van der Waals surface area (Å²) in [5, 5.41) is 11.3. The van der Waals surface area contributed by atoms with Gasteiger partial charge in [-0.15, -0.1) is 0 Å². The normalized spacial score (nSPS) is 30.9. The summed E-state index contributed by atoms with van der Waals surface area (Å²) in [6.45, 7) is -0.829. The molecule has 3 aliphatic rings. The number of nitrogens with one attached hydrogen (secondary N) is 3. The van der Waals surface area contributed by atoms with E-state index in [0.717, 1.165) is 18.0 Å². The van der Waals surface area contributed by atoms with Crippen molar-refractivity contribution in [2.45, 2.75) is 81.6 Å². The number of hydrogen-bond acceptors (Lipinski definition) is 6. The van der Waals surface area contributed by atoms with Gasteiger partial charge >= 0.3 is 0 Å². The van der Waals surface area contributed by atoms with Gasteiger partial charge in [-0.3, -0.25) is 0 Å². The van der Waals surface area contributed by atoms with E-state index in [2.05, 4.69) is 20.9 Å². The molecular weight excluding hydrogens is 383 g/mol. The zero-order valence-electron chi connectivity index (χ0n) is 17.3. The van der Waals surface area contributed by atoms with E-state index in [4.69, 9.17) is 9.15 Å². The Balaban J connectivity index is 1.22. The van der Waals surface area contributed by atoms with Crippen LogP contribution in [-0.4, -0.2) is 42.1 Å². The van der Waals surface area contributed by atoms with Crippen LogP contribution in [0.5, 0.6) is 5.75 Å². The second kappa shape index (κ2) is 8.94. The molecule has 2 saturated heterocycles. The molecule has 2 bridgehead atoms. The third-order valence-electron chi connectivity index (χ3n) is 6.96. The molecule has 0 amide bonds. The molecular formula is C23H31FN4O2. The Morgan fingerprint density at radius 3 is 2.63 bits per heavy atom. The molecule has 3 heterocycles. The molecule has 0 radical (unpaired) electrons. The van der Waals surface area contributed by atoms with E-state index in [9.17, 15) is 4.39 Å². The van der Waals surface area contributed by atoms with Crippen LogP contribution in [0.3, 0.4) is 0 Å². The highest BCUT2D eigenvalue weighted by Gasteiger charge is 2.37. The summed E-state index contributed by atoms with van der Waals surface area (Å²) < 4.78 is 23.1. The number of piperidine rings is 1. The van der Waals surface area contributed by atoms with Crippen LogP contribution in [0.15, 0.2) is 34.9 Å². The van der Waals surface area contributed by atoms with E-state index < -0.39 is 6.86 Å². The maximum absolute atomic E-state index is 12.3. The average molecular weight is 415 g/mol. The van der Waals surface area contributed by atoms with Crippen LogP contribution in [0.25, 0.3) is 11.3 Å². The van der Waals surface area contributed by atoms with Crippen molar-refractivity contribution in [3.05, 3.63) is 30.5 Å². The first-order valence-electron chi connectivity index (χ1n) is 11.3. The lowest BCUT2D eigenvalue weighted by molar-refractivity contribution is 0.192. The third kappa shape index (κ3) is 4.32.